The van der Waals surface area contributed by atoms with Crippen LogP contribution >= 0.6 is 0 Å². The van der Waals surface area contributed by atoms with Crippen molar-refractivity contribution in [3.63, 3.8) is 0 Å². The number of nitrogens with zero attached hydrogens (tertiary/aromatic N) is 1. The van der Waals surface area contributed by atoms with Gasteiger partial charge < -0.3 is 15.4 Å². The van der Waals surface area contributed by atoms with Crippen molar-refractivity contribution in [3.8, 4) is 5.75 Å². The van der Waals surface area contributed by atoms with Crippen LogP contribution in [0.1, 0.15) is 13.3 Å². The molecule has 2 N–H and O–H groups in total. The van der Waals surface area contributed by atoms with Gasteiger partial charge in [0.05, 0.1) is 0 Å². The Morgan fingerprint density at radius 1 is 1.41 bits per heavy atom. The van der Waals surface area contributed by atoms with Crippen molar-refractivity contribution in [2.45, 2.75) is 19.4 Å². The van der Waals surface area contributed by atoms with Crippen LogP contribution in [0.2, 0.25) is 0 Å². The Labute approximate surface area is 104 Å². The molecule has 0 aromatic heterocycles. The topological polar surface area (TPSA) is 38.5 Å². The monoisotopic (exact) mass is 234 g/mol. The normalized spacial score (nSPS) is 22.6. The van der Waals surface area contributed by atoms with Gasteiger partial charge in [-0.15, -0.1) is 0 Å². The molecule has 1 heterocycles. The Hall–Kier alpha value is -1.06. The third-order valence-electron chi connectivity index (χ3n) is 3.55. The van der Waals surface area contributed by atoms with E-state index < -0.39 is 0 Å². The molecule has 0 saturated carbocycles. The lowest BCUT2D eigenvalue weighted by Crippen LogP contribution is -2.37. The van der Waals surface area contributed by atoms with Gasteiger partial charge in [-0.05, 0) is 37.6 Å². The maximum atomic E-state index is 6.19. The largest absolute Gasteiger partial charge is 0.492 e. The predicted molar refractivity (Wildman–Crippen MR) is 70.1 cm³/mol. The lowest BCUT2D eigenvalue weighted by Gasteiger charge is -2.20. The molecule has 0 radical (unpaired) electrons. The molecule has 0 spiro atoms. The van der Waals surface area contributed by atoms with Crippen molar-refractivity contribution in [1.82, 2.24) is 4.90 Å². The molecule has 94 valence electrons. The maximum absolute atomic E-state index is 6.19. The van der Waals surface area contributed by atoms with E-state index in [4.69, 9.17) is 10.5 Å². The van der Waals surface area contributed by atoms with Gasteiger partial charge in [0.1, 0.15) is 12.4 Å². The quantitative estimate of drug-likeness (QED) is 0.843. The minimum atomic E-state index is 0.145. The summed E-state index contributed by atoms with van der Waals surface area (Å²) in [6, 6.07) is 10.0. The van der Waals surface area contributed by atoms with Crippen LogP contribution in [0, 0.1) is 5.92 Å². The van der Waals surface area contributed by atoms with Crippen LogP contribution in [0.4, 0.5) is 0 Å². The molecule has 1 fully saturated rings. The summed E-state index contributed by atoms with van der Waals surface area (Å²) in [5, 5.41) is 0. The van der Waals surface area contributed by atoms with Crippen molar-refractivity contribution in [2.24, 2.45) is 11.7 Å². The van der Waals surface area contributed by atoms with Crippen LogP contribution in [0.25, 0.3) is 0 Å². The second kappa shape index (κ2) is 6.03. The van der Waals surface area contributed by atoms with Gasteiger partial charge in [0.15, 0.2) is 0 Å². The SMILES string of the molecule is CCN1CCC(C(N)COc2ccccc2)C1. The molecule has 1 aromatic carbocycles. The predicted octanol–water partition coefficient (Wildman–Crippen LogP) is 1.73. The van der Waals surface area contributed by atoms with E-state index in [2.05, 4.69) is 11.8 Å². The van der Waals surface area contributed by atoms with E-state index in [1.54, 1.807) is 0 Å². The van der Waals surface area contributed by atoms with Crippen molar-refractivity contribution >= 4 is 0 Å². The fourth-order valence-corrected chi connectivity index (χ4v) is 2.34. The Morgan fingerprint density at radius 3 is 2.82 bits per heavy atom. The van der Waals surface area contributed by atoms with Gasteiger partial charge in [0.2, 0.25) is 0 Å². The van der Waals surface area contributed by atoms with Crippen LogP contribution in [-0.4, -0.2) is 37.2 Å². The van der Waals surface area contributed by atoms with Crippen LogP contribution in [0.15, 0.2) is 30.3 Å². The molecule has 0 bridgehead atoms. The average molecular weight is 234 g/mol. The zero-order valence-corrected chi connectivity index (χ0v) is 10.5. The van der Waals surface area contributed by atoms with Gasteiger partial charge in [-0.1, -0.05) is 25.1 Å². The molecular formula is C14H22N2O. The van der Waals surface area contributed by atoms with Crippen LogP contribution in [-0.2, 0) is 0 Å². The average Bonchev–Trinajstić information content (AvgIpc) is 2.86. The molecule has 17 heavy (non-hydrogen) atoms. The summed E-state index contributed by atoms with van der Waals surface area (Å²) >= 11 is 0. The number of nitrogens with two attached hydrogens (primary N) is 1. The lowest BCUT2D eigenvalue weighted by molar-refractivity contribution is 0.241. The van der Waals surface area contributed by atoms with E-state index >= 15 is 0 Å². The first kappa shape index (κ1) is 12.4. The van der Waals surface area contributed by atoms with Gasteiger partial charge in [-0.2, -0.15) is 0 Å². The highest BCUT2D eigenvalue weighted by molar-refractivity contribution is 5.20. The fraction of sp³-hybridized carbons (Fsp3) is 0.571. The standard InChI is InChI=1S/C14H22N2O/c1-2-16-9-8-12(10-16)14(15)11-17-13-6-4-3-5-7-13/h3-7,12,14H,2,8-11,15H2,1H3. The Bertz CT molecular complexity index is 328. The number of benzene rings is 1. The van der Waals surface area contributed by atoms with Gasteiger partial charge in [-0.25, -0.2) is 0 Å². The van der Waals surface area contributed by atoms with E-state index in [-0.39, 0.29) is 6.04 Å². The first-order valence-electron chi connectivity index (χ1n) is 6.45. The minimum Gasteiger partial charge on any atom is -0.492 e. The van der Waals surface area contributed by atoms with E-state index in [9.17, 15) is 0 Å². The first-order chi connectivity index (χ1) is 8.29. The van der Waals surface area contributed by atoms with Gasteiger partial charge >= 0.3 is 0 Å². The number of para-hydroxylation sites is 1. The number of hydrogen-bond donors (Lipinski definition) is 1. The van der Waals surface area contributed by atoms with Gasteiger partial charge in [-0.3, -0.25) is 0 Å². The number of rotatable bonds is 5. The number of hydrogen-bond acceptors (Lipinski definition) is 3. The van der Waals surface area contributed by atoms with Crippen molar-refractivity contribution < 1.29 is 4.74 Å². The molecule has 2 atom stereocenters. The zero-order valence-electron chi connectivity index (χ0n) is 10.5. The Morgan fingerprint density at radius 2 is 2.18 bits per heavy atom. The highest BCUT2D eigenvalue weighted by Gasteiger charge is 2.26. The summed E-state index contributed by atoms with van der Waals surface area (Å²) in [4.78, 5) is 2.45. The van der Waals surface area contributed by atoms with Crippen molar-refractivity contribution in [2.75, 3.05) is 26.2 Å². The smallest absolute Gasteiger partial charge is 0.119 e. The highest BCUT2D eigenvalue weighted by Crippen LogP contribution is 2.19. The molecule has 1 aliphatic heterocycles. The molecule has 0 amide bonds. The highest BCUT2D eigenvalue weighted by atomic mass is 16.5. The summed E-state index contributed by atoms with van der Waals surface area (Å²) in [7, 11) is 0. The molecule has 1 aromatic rings. The fourth-order valence-electron chi connectivity index (χ4n) is 2.34. The number of ether oxygens (including phenoxy) is 1. The summed E-state index contributed by atoms with van der Waals surface area (Å²) in [5.41, 5.74) is 6.19. The molecule has 0 aliphatic carbocycles. The minimum absolute atomic E-state index is 0.145. The Balaban J connectivity index is 1.76. The zero-order chi connectivity index (χ0) is 12.1. The third kappa shape index (κ3) is 3.45. The third-order valence-corrected chi connectivity index (χ3v) is 3.55. The summed E-state index contributed by atoms with van der Waals surface area (Å²) in [5.74, 6) is 1.49. The molecule has 2 rings (SSSR count). The van der Waals surface area contributed by atoms with E-state index in [0.29, 0.717) is 12.5 Å². The van der Waals surface area contributed by atoms with Crippen molar-refractivity contribution in [3.05, 3.63) is 30.3 Å². The molecule has 3 heteroatoms. The second-order valence-corrected chi connectivity index (χ2v) is 4.73. The van der Waals surface area contributed by atoms with Crippen LogP contribution in [0.5, 0.6) is 5.75 Å². The summed E-state index contributed by atoms with van der Waals surface area (Å²) in [6.07, 6.45) is 1.20. The molecule has 2 unspecified atom stereocenters. The van der Waals surface area contributed by atoms with Crippen molar-refractivity contribution in [1.29, 1.82) is 0 Å². The van der Waals surface area contributed by atoms with E-state index in [1.165, 1.54) is 13.0 Å². The van der Waals surface area contributed by atoms with E-state index in [1.807, 2.05) is 30.3 Å². The van der Waals surface area contributed by atoms with Crippen LogP contribution in [0.3, 0.4) is 0 Å². The summed E-state index contributed by atoms with van der Waals surface area (Å²) < 4.78 is 5.71. The number of likely N-dealkylation sites (tertiary alicyclic amines) is 1. The van der Waals surface area contributed by atoms with Gasteiger partial charge in [0.25, 0.3) is 0 Å². The van der Waals surface area contributed by atoms with Crippen LogP contribution < -0.4 is 10.5 Å². The maximum Gasteiger partial charge on any atom is 0.119 e. The summed E-state index contributed by atoms with van der Waals surface area (Å²) in [6.45, 7) is 6.25. The molecular weight excluding hydrogens is 212 g/mol. The lowest BCUT2D eigenvalue weighted by atomic mass is 10.0. The Kier molecular flexibility index (Phi) is 4.40. The molecule has 3 nitrogen and oxygen atoms in total. The second-order valence-electron chi connectivity index (χ2n) is 4.73. The van der Waals surface area contributed by atoms with E-state index in [0.717, 1.165) is 18.8 Å². The molecule has 1 saturated heterocycles. The van der Waals surface area contributed by atoms with Gasteiger partial charge in [0, 0.05) is 12.6 Å². The first-order valence-corrected chi connectivity index (χ1v) is 6.45. The molecule has 1 aliphatic rings.